The Balaban J connectivity index is 4.10. The predicted molar refractivity (Wildman–Crippen MR) is 76.8 cm³/mol. The van der Waals surface area contributed by atoms with Crippen LogP contribution in [0.15, 0.2) is 0 Å². The van der Waals surface area contributed by atoms with Crippen LogP contribution in [0.4, 0.5) is 0 Å². The van der Waals surface area contributed by atoms with Crippen LogP contribution < -0.4 is 5.32 Å². The first-order chi connectivity index (χ1) is 9.06. The summed E-state index contributed by atoms with van der Waals surface area (Å²) in [4.78, 5) is 23.6. The summed E-state index contributed by atoms with van der Waals surface area (Å²) in [5.41, 5.74) is 0. The largest absolute Gasteiger partial charge is 0.452 e. The van der Waals surface area contributed by atoms with Gasteiger partial charge in [0.05, 0.1) is 5.92 Å². The Morgan fingerprint density at radius 3 is 2.26 bits per heavy atom. The SMILES string of the molecule is CCCCNC(=O)C(C)OC(=O)C(CC)CCCC. The zero-order valence-electron chi connectivity index (χ0n) is 12.8. The lowest BCUT2D eigenvalue weighted by Gasteiger charge is -2.18. The lowest BCUT2D eigenvalue weighted by Crippen LogP contribution is -2.37. The molecule has 4 heteroatoms. The van der Waals surface area contributed by atoms with E-state index in [1.54, 1.807) is 6.92 Å². The van der Waals surface area contributed by atoms with Gasteiger partial charge in [-0.3, -0.25) is 9.59 Å². The van der Waals surface area contributed by atoms with Crippen LogP contribution >= 0.6 is 0 Å². The van der Waals surface area contributed by atoms with E-state index in [4.69, 9.17) is 4.74 Å². The van der Waals surface area contributed by atoms with Gasteiger partial charge >= 0.3 is 5.97 Å². The number of unbranched alkanes of at least 4 members (excludes halogenated alkanes) is 2. The van der Waals surface area contributed by atoms with Crippen LogP contribution in [-0.4, -0.2) is 24.5 Å². The van der Waals surface area contributed by atoms with Crippen molar-refractivity contribution in [2.24, 2.45) is 5.92 Å². The molecule has 0 saturated carbocycles. The highest BCUT2D eigenvalue weighted by Crippen LogP contribution is 2.15. The van der Waals surface area contributed by atoms with Crippen LogP contribution in [0.25, 0.3) is 0 Å². The predicted octanol–water partition coefficient (Wildman–Crippen LogP) is 3.05. The van der Waals surface area contributed by atoms with Crippen molar-refractivity contribution >= 4 is 11.9 Å². The van der Waals surface area contributed by atoms with E-state index < -0.39 is 6.10 Å². The quantitative estimate of drug-likeness (QED) is 0.491. The first kappa shape index (κ1) is 17.9. The van der Waals surface area contributed by atoms with Crippen molar-refractivity contribution in [3.05, 3.63) is 0 Å². The zero-order chi connectivity index (χ0) is 14.7. The molecule has 112 valence electrons. The van der Waals surface area contributed by atoms with Crippen molar-refractivity contribution < 1.29 is 14.3 Å². The van der Waals surface area contributed by atoms with Gasteiger partial charge in [0.15, 0.2) is 6.10 Å². The highest BCUT2D eigenvalue weighted by atomic mass is 16.5. The van der Waals surface area contributed by atoms with Gasteiger partial charge in [0, 0.05) is 6.54 Å². The van der Waals surface area contributed by atoms with Crippen molar-refractivity contribution in [2.45, 2.75) is 72.3 Å². The maximum Gasteiger partial charge on any atom is 0.309 e. The summed E-state index contributed by atoms with van der Waals surface area (Å²) < 4.78 is 5.24. The number of ether oxygens (including phenoxy) is 1. The molecule has 0 aromatic carbocycles. The van der Waals surface area contributed by atoms with E-state index in [0.29, 0.717) is 6.54 Å². The second kappa shape index (κ2) is 10.8. The van der Waals surface area contributed by atoms with Gasteiger partial charge in [0.2, 0.25) is 0 Å². The number of hydrogen-bond acceptors (Lipinski definition) is 3. The summed E-state index contributed by atoms with van der Waals surface area (Å²) in [6.45, 7) is 8.42. The third kappa shape index (κ3) is 7.85. The van der Waals surface area contributed by atoms with Crippen LogP contribution in [0.3, 0.4) is 0 Å². The van der Waals surface area contributed by atoms with E-state index in [2.05, 4.69) is 19.2 Å². The molecule has 0 aliphatic rings. The van der Waals surface area contributed by atoms with Gasteiger partial charge in [-0.15, -0.1) is 0 Å². The van der Waals surface area contributed by atoms with Crippen LogP contribution in [-0.2, 0) is 14.3 Å². The molecular formula is C15H29NO3. The van der Waals surface area contributed by atoms with Gasteiger partial charge in [-0.2, -0.15) is 0 Å². The van der Waals surface area contributed by atoms with Crippen molar-refractivity contribution in [2.75, 3.05) is 6.54 Å². The second-order valence-electron chi connectivity index (χ2n) is 4.97. The Hall–Kier alpha value is -1.06. The normalized spacial score (nSPS) is 13.7. The standard InChI is InChI=1S/C15H29NO3/c1-5-8-10-13(7-3)15(18)19-12(4)14(17)16-11-9-6-2/h12-13H,5-11H2,1-4H3,(H,16,17). The fourth-order valence-corrected chi connectivity index (χ4v) is 1.80. The van der Waals surface area contributed by atoms with E-state index in [1.807, 2.05) is 6.92 Å². The van der Waals surface area contributed by atoms with Crippen LogP contribution in [0.5, 0.6) is 0 Å². The summed E-state index contributed by atoms with van der Waals surface area (Å²) in [7, 11) is 0. The van der Waals surface area contributed by atoms with E-state index in [0.717, 1.165) is 38.5 Å². The molecule has 2 atom stereocenters. The average Bonchev–Trinajstić information content (AvgIpc) is 2.39. The Morgan fingerprint density at radius 2 is 1.74 bits per heavy atom. The smallest absolute Gasteiger partial charge is 0.309 e. The number of carbonyl (C=O) groups excluding carboxylic acids is 2. The maximum atomic E-state index is 11.9. The molecule has 1 N–H and O–H groups in total. The van der Waals surface area contributed by atoms with E-state index in [-0.39, 0.29) is 17.8 Å². The highest BCUT2D eigenvalue weighted by molar-refractivity contribution is 5.83. The first-order valence-corrected chi connectivity index (χ1v) is 7.54. The Labute approximate surface area is 117 Å². The van der Waals surface area contributed by atoms with Crippen molar-refractivity contribution in [3.63, 3.8) is 0 Å². The Morgan fingerprint density at radius 1 is 1.11 bits per heavy atom. The van der Waals surface area contributed by atoms with Gasteiger partial charge < -0.3 is 10.1 Å². The number of hydrogen-bond donors (Lipinski definition) is 1. The zero-order valence-corrected chi connectivity index (χ0v) is 12.8. The van der Waals surface area contributed by atoms with Gasteiger partial charge in [0.25, 0.3) is 5.91 Å². The van der Waals surface area contributed by atoms with E-state index in [1.165, 1.54) is 0 Å². The van der Waals surface area contributed by atoms with Crippen molar-refractivity contribution in [1.29, 1.82) is 0 Å². The molecule has 0 radical (unpaired) electrons. The number of amides is 1. The summed E-state index contributed by atoms with van der Waals surface area (Å²) in [6.07, 6.45) is 4.98. The molecule has 0 aliphatic carbocycles. The summed E-state index contributed by atoms with van der Waals surface area (Å²) in [5.74, 6) is -0.521. The molecule has 2 unspecified atom stereocenters. The molecule has 19 heavy (non-hydrogen) atoms. The van der Waals surface area contributed by atoms with Gasteiger partial charge in [0.1, 0.15) is 0 Å². The van der Waals surface area contributed by atoms with Crippen LogP contribution in [0.1, 0.15) is 66.2 Å². The van der Waals surface area contributed by atoms with Crippen LogP contribution in [0.2, 0.25) is 0 Å². The molecule has 0 bridgehead atoms. The Kier molecular flexibility index (Phi) is 10.2. The molecule has 0 rings (SSSR count). The number of esters is 1. The van der Waals surface area contributed by atoms with Crippen molar-refractivity contribution in [3.8, 4) is 0 Å². The minimum Gasteiger partial charge on any atom is -0.452 e. The molecule has 1 amide bonds. The number of nitrogens with one attached hydrogen (secondary N) is 1. The molecule has 0 heterocycles. The van der Waals surface area contributed by atoms with Crippen LogP contribution in [0, 0.1) is 5.92 Å². The molecule has 0 aromatic rings. The fourth-order valence-electron chi connectivity index (χ4n) is 1.80. The molecule has 0 saturated heterocycles. The summed E-state index contributed by atoms with van der Waals surface area (Å²) in [6, 6.07) is 0. The average molecular weight is 271 g/mol. The van der Waals surface area contributed by atoms with E-state index >= 15 is 0 Å². The summed E-state index contributed by atoms with van der Waals surface area (Å²) in [5, 5.41) is 2.77. The lowest BCUT2D eigenvalue weighted by atomic mass is 10.00. The maximum absolute atomic E-state index is 11.9. The Bertz CT molecular complexity index is 266. The summed E-state index contributed by atoms with van der Waals surface area (Å²) >= 11 is 0. The molecular weight excluding hydrogens is 242 g/mol. The minimum atomic E-state index is -0.694. The molecule has 0 aliphatic heterocycles. The monoisotopic (exact) mass is 271 g/mol. The minimum absolute atomic E-state index is 0.0779. The first-order valence-electron chi connectivity index (χ1n) is 7.54. The molecule has 4 nitrogen and oxygen atoms in total. The van der Waals surface area contributed by atoms with Gasteiger partial charge in [-0.1, -0.05) is 40.0 Å². The van der Waals surface area contributed by atoms with Crippen molar-refractivity contribution in [1.82, 2.24) is 5.32 Å². The lowest BCUT2D eigenvalue weighted by molar-refractivity contribution is -0.159. The second-order valence-corrected chi connectivity index (χ2v) is 4.97. The number of carbonyl (C=O) groups is 2. The molecule has 0 spiro atoms. The topological polar surface area (TPSA) is 55.4 Å². The third-order valence-electron chi connectivity index (χ3n) is 3.22. The molecule has 0 aromatic heterocycles. The fraction of sp³-hybridized carbons (Fsp3) is 0.867. The third-order valence-corrected chi connectivity index (χ3v) is 3.22. The number of rotatable bonds is 10. The highest BCUT2D eigenvalue weighted by Gasteiger charge is 2.23. The van der Waals surface area contributed by atoms with E-state index in [9.17, 15) is 9.59 Å². The van der Waals surface area contributed by atoms with Gasteiger partial charge in [-0.05, 0) is 26.2 Å². The molecule has 0 fully saturated rings. The van der Waals surface area contributed by atoms with Gasteiger partial charge in [-0.25, -0.2) is 0 Å².